The van der Waals surface area contributed by atoms with Crippen molar-refractivity contribution in [3.8, 4) is 0 Å². The highest BCUT2D eigenvalue weighted by atomic mass is 32.1. The van der Waals surface area contributed by atoms with Crippen molar-refractivity contribution in [1.29, 1.82) is 0 Å². The van der Waals surface area contributed by atoms with Crippen LogP contribution in [0.25, 0.3) is 0 Å². The van der Waals surface area contributed by atoms with Crippen LogP contribution in [0, 0.1) is 5.92 Å². The van der Waals surface area contributed by atoms with E-state index in [0.717, 1.165) is 17.7 Å². The second-order valence-electron chi connectivity index (χ2n) is 4.77. The third kappa shape index (κ3) is 3.13. The molecule has 0 spiro atoms. The predicted molar refractivity (Wildman–Crippen MR) is 74.1 cm³/mol. The molecule has 4 nitrogen and oxygen atoms in total. The van der Waals surface area contributed by atoms with Crippen molar-refractivity contribution < 1.29 is 0 Å². The van der Waals surface area contributed by atoms with Crippen molar-refractivity contribution in [1.82, 2.24) is 14.2 Å². The molecular weight excluding hydrogens is 244 g/mol. The van der Waals surface area contributed by atoms with Gasteiger partial charge in [0.05, 0.1) is 29.7 Å². The maximum absolute atomic E-state index is 5.63. The topological polar surface area (TPSA) is 63.8 Å². The number of hydrogen-bond acceptors (Lipinski definition) is 5. The first-order valence-corrected chi connectivity index (χ1v) is 6.76. The molecule has 96 valence electrons. The maximum atomic E-state index is 5.63. The van der Waals surface area contributed by atoms with E-state index in [1.54, 1.807) is 6.20 Å². The SMILES string of the molecule is CC(C)Cc1cccc(C(NN)c2cnsn2)c1. The van der Waals surface area contributed by atoms with Gasteiger partial charge in [0, 0.05) is 0 Å². The molecule has 0 radical (unpaired) electrons. The molecule has 1 aromatic heterocycles. The van der Waals surface area contributed by atoms with Crippen molar-refractivity contribution in [3.63, 3.8) is 0 Å². The van der Waals surface area contributed by atoms with E-state index in [2.05, 4.69) is 52.3 Å². The summed E-state index contributed by atoms with van der Waals surface area (Å²) in [5.41, 5.74) is 6.12. The molecule has 0 saturated carbocycles. The number of nitrogens with zero attached hydrogens (tertiary/aromatic N) is 2. The molecule has 0 fully saturated rings. The van der Waals surface area contributed by atoms with Gasteiger partial charge in [0.1, 0.15) is 0 Å². The van der Waals surface area contributed by atoms with Gasteiger partial charge in [-0.05, 0) is 23.5 Å². The third-order valence-corrected chi connectivity index (χ3v) is 3.26. The molecule has 5 heteroatoms. The summed E-state index contributed by atoms with van der Waals surface area (Å²) in [6.07, 6.45) is 2.82. The van der Waals surface area contributed by atoms with Gasteiger partial charge < -0.3 is 0 Å². The van der Waals surface area contributed by atoms with Gasteiger partial charge in [-0.25, -0.2) is 5.43 Å². The quantitative estimate of drug-likeness (QED) is 0.641. The maximum Gasteiger partial charge on any atom is 0.0970 e. The van der Waals surface area contributed by atoms with Crippen LogP contribution >= 0.6 is 11.7 Å². The van der Waals surface area contributed by atoms with Crippen LogP contribution in [0.15, 0.2) is 30.5 Å². The Morgan fingerprint density at radius 1 is 1.39 bits per heavy atom. The van der Waals surface area contributed by atoms with E-state index in [0.29, 0.717) is 5.92 Å². The average Bonchev–Trinajstić information content (AvgIpc) is 2.83. The first-order valence-electron chi connectivity index (χ1n) is 6.03. The lowest BCUT2D eigenvalue weighted by Gasteiger charge is -2.15. The van der Waals surface area contributed by atoms with E-state index in [4.69, 9.17) is 5.84 Å². The second kappa shape index (κ2) is 6.04. The highest BCUT2D eigenvalue weighted by molar-refractivity contribution is 6.99. The summed E-state index contributed by atoms with van der Waals surface area (Å²) in [5, 5.41) is 0. The zero-order valence-corrected chi connectivity index (χ0v) is 11.4. The Kier molecular flexibility index (Phi) is 4.41. The molecular formula is C13H18N4S. The minimum Gasteiger partial charge on any atom is -0.271 e. The Morgan fingerprint density at radius 2 is 2.22 bits per heavy atom. The number of hydrazine groups is 1. The zero-order valence-electron chi connectivity index (χ0n) is 10.6. The fourth-order valence-corrected chi connectivity index (χ4v) is 2.47. The lowest BCUT2D eigenvalue weighted by Crippen LogP contribution is -2.29. The summed E-state index contributed by atoms with van der Waals surface area (Å²) in [5.74, 6) is 6.28. The summed E-state index contributed by atoms with van der Waals surface area (Å²) >= 11 is 1.20. The zero-order chi connectivity index (χ0) is 13.0. The van der Waals surface area contributed by atoms with Crippen molar-refractivity contribution in [2.75, 3.05) is 0 Å². The van der Waals surface area contributed by atoms with Gasteiger partial charge in [-0.1, -0.05) is 38.1 Å². The van der Waals surface area contributed by atoms with Crippen LogP contribution in [0.2, 0.25) is 0 Å². The predicted octanol–water partition coefficient (Wildman–Crippen LogP) is 2.29. The van der Waals surface area contributed by atoms with E-state index in [-0.39, 0.29) is 6.04 Å². The average molecular weight is 262 g/mol. The number of benzene rings is 1. The highest BCUT2D eigenvalue weighted by Gasteiger charge is 2.15. The second-order valence-corrected chi connectivity index (χ2v) is 5.33. The Balaban J connectivity index is 2.26. The van der Waals surface area contributed by atoms with Gasteiger partial charge in [0.15, 0.2) is 0 Å². The number of nitrogens with two attached hydrogens (primary N) is 1. The van der Waals surface area contributed by atoms with Crippen molar-refractivity contribution in [2.24, 2.45) is 11.8 Å². The van der Waals surface area contributed by atoms with Crippen LogP contribution in [0.5, 0.6) is 0 Å². The van der Waals surface area contributed by atoms with Crippen LogP contribution in [-0.2, 0) is 6.42 Å². The van der Waals surface area contributed by atoms with E-state index < -0.39 is 0 Å². The summed E-state index contributed by atoms with van der Waals surface area (Å²) in [7, 11) is 0. The summed E-state index contributed by atoms with van der Waals surface area (Å²) in [4.78, 5) is 0. The molecule has 0 aliphatic heterocycles. The monoisotopic (exact) mass is 262 g/mol. The fourth-order valence-electron chi connectivity index (χ4n) is 2.02. The van der Waals surface area contributed by atoms with E-state index >= 15 is 0 Å². The van der Waals surface area contributed by atoms with Crippen LogP contribution in [0.4, 0.5) is 0 Å². The molecule has 0 saturated heterocycles. The molecule has 0 aliphatic carbocycles. The summed E-state index contributed by atoms with van der Waals surface area (Å²) in [6.45, 7) is 4.44. The molecule has 2 rings (SSSR count). The molecule has 1 heterocycles. The first kappa shape index (κ1) is 13.1. The molecule has 0 bridgehead atoms. The minimum absolute atomic E-state index is 0.0872. The van der Waals surface area contributed by atoms with Crippen LogP contribution in [-0.4, -0.2) is 8.75 Å². The molecule has 1 aromatic carbocycles. The highest BCUT2D eigenvalue weighted by Crippen LogP contribution is 2.21. The smallest absolute Gasteiger partial charge is 0.0970 e. The molecule has 1 atom stereocenters. The van der Waals surface area contributed by atoms with E-state index in [1.165, 1.54) is 17.3 Å². The minimum atomic E-state index is -0.0872. The molecule has 18 heavy (non-hydrogen) atoms. The molecule has 0 aliphatic rings. The fraction of sp³-hybridized carbons (Fsp3) is 0.385. The Labute approximate surface area is 112 Å². The van der Waals surface area contributed by atoms with Crippen LogP contribution < -0.4 is 11.3 Å². The van der Waals surface area contributed by atoms with Crippen molar-refractivity contribution in [3.05, 3.63) is 47.3 Å². The molecule has 3 N–H and O–H groups in total. The molecule has 2 aromatic rings. The lowest BCUT2D eigenvalue weighted by molar-refractivity contribution is 0.619. The standard InChI is InChI=1S/C13H18N4S/c1-9(2)6-10-4-3-5-11(7-10)13(16-14)12-8-15-18-17-12/h3-5,7-9,13,16H,6,14H2,1-2H3. The van der Waals surface area contributed by atoms with Crippen LogP contribution in [0.3, 0.4) is 0 Å². The number of hydrogen-bond donors (Lipinski definition) is 2. The third-order valence-electron chi connectivity index (χ3n) is 2.77. The van der Waals surface area contributed by atoms with E-state index in [9.17, 15) is 0 Å². The van der Waals surface area contributed by atoms with Gasteiger partial charge in [0.25, 0.3) is 0 Å². The Hall–Kier alpha value is -1.30. The van der Waals surface area contributed by atoms with Gasteiger partial charge in [0.2, 0.25) is 0 Å². The Morgan fingerprint density at radius 3 is 2.83 bits per heavy atom. The molecule has 1 unspecified atom stereocenters. The van der Waals surface area contributed by atoms with Gasteiger partial charge >= 0.3 is 0 Å². The number of aromatic nitrogens is 2. The van der Waals surface area contributed by atoms with Gasteiger partial charge in [-0.2, -0.15) is 8.75 Å². The summed E-state index contributed by atoms with van der Waals surface area (Å²) < 4.78 is 8.26. The van der Waals surface area contributed by atoms with Gasteiger partial charge in [-0.3, -0.25) is 5.84 Å². The van der Waals surface area contributed by atoms with E-state index in [1.807, 2.05) is 0 Å². The number of rotatable bonds is 5. The van der Waals surface area contributed by atoms with Crippen molar-refractivity contribution in [2.45, 2.75) is 26.3 Å². The Bertz CT molecular complexity index is 481. The van der Waals surface area contributed by atoms with Gasteiger partial charge in [-0.15, -0.1) is 0 Å². The number of nitrogens with one attached hydrogen (secondary N) is 1. The first-order chi connectivity index (χ1) is 8.70. The lowest BCUT2D eigenvalue weighted by atomic mass is 9.97. The van der Waals surface area contributed by atoms with Crippen LogP contribution in [0.1, 0.15) is 36.7 Å². The summed E-state index contributed by atoms with van der Waals surface area (Å²) in [6, 6.07) is 8.38. The molecule has 0 amide bonds. The van der Waals surface area contributed by atoms with Crippen molar-refractivity contribution >= 4 is 11.7 Å². The normalized spacial score (nSPS) is 12.9. The largest absolute Gasteiger partial charge is 0.271 e.